The summed E-state index contributed by atoms with van der Waals surface area (Å²) in [6, 6.07) is 23.7. The summed E-state index contributed by atoms with van der Waals surface area (Å²) in [6.45, 7) is 2.23. The van der Waals surface area contributed by atoms with Crippen LogP contribution in [-0.4, -0.2) is 25.5 Å². The summed E-state index contributed by atoms with van der Waals surface area (Å²) in [7, 11) is 0. The minimum Gasteiger partial charge on any atom is -0.489 e. The number of nitrogens with one attached hydrogen (secondary N) is 1. The molecule has 4 nitrogen and oxygen atoms in total. The predicted molar refractivity (Wildman–Crippen MR) is 120 cm³/mol. The van der Waals surface area contributed by atoms with Crippen molar-refractivity contribution in [2.24, 2.45) is 0 Å². The molecule has 1 N–H and O–H groups in total. The fraction of sp³-hybridized carbons (Fsp3) is 0.174. The molecule has 3 aromatic carbocycles. The normalized spacial score (nSPS) is 13.7. The van der Waals surface area contributed by atoms with Gasteiger partial charge in [0.05, 0.1) is 12.2 Å². The predicted octanol–water partition coefficient (Wildman–Crippen LogP) is 4.94. The Morgan fingerprint density at radius 3 is 2.62 bits per heavy atom. The second kappa shape index (κ2) is 9.79. The van der Waals surface area contributed by atoms with E-state index in [1.807, 2.05) is 72.8 Å². The number of hydrogen-bond donors (Lipinski definition) is 1. The van der Waals surface area contributed by atoms with Gasteiger partial charge in [-0.1, -0.05) is 60.1 Å². The van der Waals surface area contributed by atoms with Crippen LogP contribution in [0.25, 0.3) is 11.1 Å². The van der Waals surface area contributed by atoms with E-state index in [1.54, 1.807) is 4.90 Å². The molecule has 4 rings (SSSR count). The smallest absolute Gasteiger partial charge is 0.241 e. The van der Waals surface area contributed by atoms with Crippen LogP contribution in [0.5, 0.6) is 5.75 Å². The van der Waals surface area contributed by atoms with Crippen molar-refractivity contribution in [3.05, 3.63) is 83.4 Å². The zero-order valence-corrected chi connectivity index (χ0v) is 17.4. The van der Waals surface area contributed by atoms with Crippen LogP contribution in [0.1, 0.15) is 5.56 Å². The number of benzene rings is 3. The van der Waals surface area contributed by atoms with Crippen molar-refractivity contribution in [3.8, 4) is 16.9 Å². The number of nitrogens with zero attached hydrogens (tertiary/aromatic N) is 1. The van der Waals surface area contributed by atoms with E-state index in [9.17, 15) is 4.79 Å². The molecule has 6 heteroatoms. The quantitative estimate of drug-likeness (QED) is 0.625. The zero-order chi connectivity index (χ0) is 19.3. The average molecular weight is 429 g/mol. The fourth-order valence-electron chi connectivity index (χ4n) is 3.33. The van der Waals surface area contributed by atoms with Gasteiger partial charge in [0, 0.05) is 23.7 Å². The second-order valence-electron chi connectivity index (χ2n) is 6.69. The van der Waals surface area contributed by atoms with Crippen molar-refractivity contribution in [2.45, 2.75) is 6.61 Å². The highest BCUT2D eigenvalue weighted by Crippen LogP contribution is 2.35. The van der Waals surface area contributed by atoms with Crippen molar-refractivity contribution >= 4 is 35.6 Å². The third-order valence-corrected chi connectivity index (χ3v) is 4.97. The first-order valence-electron chi connectivity index (χ1n) is 9.28. The Balaban J connectivity index is 0.00000240. The van der Waals surface area contributed by atoms with E-state index in [2.05, 4.69) is 5.32 Å². The molecule has 1 heterocycles. The molecule has 0 unspecified atom stereocenters. The molecule has 0 aliphatic carbocycles. The molecule has 0 atom stereocenters. The van der Waals surface area contributed by atoms with Crippen molar-refractivity contribution in [3.63, 3.8) is 0 Å². The average Bonchev–Trinajstić information content (AvgIpc) is 2.73. The van der Waals surface area contributed by atoms with Gasteiger partial charge in [0.1, 0.15) is 12.4 Å². The third-order valence-electron chi connectivity index (χ3n) is 4.73. The zero-order valence-electron chi connectivity index (χ0n) is 15.8. The first kappa shape index (κ1) is 21.2. The largest absolute Gasteiger partial charge is 0.489 e. The minimum absolute atomic E-state index is 0. The number of rotatable bonds is 5. The molecular weight excluding hydrogens is 407 g/mol. The van der Waals surface area contributed by atoms with Crippen LogP contribution < -0.4 is 15.0 Å². The number of amides is 1. The topological polar surface area (TPSA) is 41.6 Å². The first-order chi connectivity index (χ1) is 13.7. The molecule has 1 aliphatic heterocycles. The Morgan fingerprint density at radius 1 is 1.00 bits per heavy atom. The molecule has 150 valence electrons. The molecule has 0 saturated carbocycles. The third kappa shape index (κ3) is 5.10. The molecule has 0 radical (unpaired) electrons. The SMILES string of the molecule is Cl.O=C1CNCCN1c1cc(Cl)ccc1-c1cccc(OCc2ccccc2)c1. The van der Waals surface area contributed by atoms with Crippen LogP contribution in [0.4, 0.5) is 5.69 Å². The Morgan fingerprint density at radius 2 is 1.83 bits per heavy atom. The fourth-order valence-corrected chi connectivity index (χ4v) is 3.49. The lowest BCUT2D eigenvalue weighted by molar-refractivity contribution is -0.118. The van der Waals surface area contributed by atoms with E-state index in [4.69, 9.17) is 16.3 Å². The monoisotopic (exact) mass is 428 g/mol. The number of halogens is 2. The minimum atomic E-state index is 0. The lowest BCUT2D eigenvalue weighted by atomic mass is 10.0. The van der Waals surface area contributed by atoms with Gasteiger partial charge < -0.3 is 15.0 Å². The molecule has 1 aliphatic rings. The number of piperazine rings is 1. The number of carbonyl (C=O) groups excluding carboxylic acids is 1. The molecular formula is C23H22Cl2N2O2. The van der Waals surface area contributed by atoms with Gasteiger partial charge in [-0.05, 0) is 35.4 Å². The highest BCUT2D eigenvalue weighted by atomic mass is 35.5. The number of ether oxygens (including phenoxy) is 1. The lowest BCUT2D eigenvalue weighted by Gasteiger charge is -2.29. The number of carbonyl (C=O) groups is 1. The van der Waals surface area contributed by atoms with Gasteiger partial charge in [0.2, 0.25) is 5.91 Å². The van der Waals surface area contributed by atoms with Crippen LogP contribution in [-0.2, 0) is 11.4 Å². The summed E-state index contributed by atoms with van der Waals surface area (Å²) in [5.41, 5.74) is 3.90. The van der Waals surface area contributed by atoms with Crippen LogP contribution in [0, 0.1) is 0 Å². The van der Waals surface area contributed by atoms with Crippen LogP contribution in [0.2, 0.25) is 5.02 Å². The van der Waals surface area contributed by atoms with Gasteiger partial charge in [-0.2, -0.15) is 0 Å². The van der Waals surface area contributed by atoms with Crippen molar-refractivity contribution < 1.29 is 9.53 Å². The Hall–Kier alpha value is -2.53. The molecule has 1 amide bonds. The molecule has 0 spiro atoms. The van der Waals surface area contributed by atoms with Crippen molar-refractivity contribution in [1.82, 2.24) is 5.32 Å². The van der Waals surface area contributed by atoms with E-state index in [0.717, 1.165) is 34.7 Å². The van der Waals surface area contributed by atoms with E-state index in [1.165, 1.54) is 0 Å². The Kier molecular flexibility index (Phi) is 7.15. The van der Waals surface area contributed by atoms with E-state index in [-0.39, 0.29) is 18.3 Å². The van der Waals surface area contributed by atoms with Gasteiger partial charge in [-0.25, -0.2) is 0 Å². The van der Waals surface area contributed by atoms with Gasteiger partial charge in [-0.15, -0.1) is 12.4 Å². The summed E-state index contributed by atoms with van der Waals surface area (Å²) in [4.78, 5) is 14.2. The Bertz CT molecular complexity index is 980. The maximum Gasteiger partial charge on any atom is 0.241 e. The van der Waals surface area contributed by atoms with E-state index >= 15 is 0 Å². The summed E-state index contributed by atoms with van der Waals surface area (Å²) in [5.74, 6) is 0.833. The summed E-state index contributed by atoms with van der Waals surface area (Å²) in [6.07, 6.45) is 0. The second-order valence-corrected chi connectivity index (χ2v) is 7.12. The summed E-state index contributed by atoms with van der Waals surface area (Å²) in [5, 5.41) is 3.72. The molecule has 3 aromatic rings. The van der Waals surface area contributed by atoms with Crippen molar-refractivity contribution in [1.29, 1.82) is 0 Å². The van der Waals surface area contributed by atoms with E-state index < -0.39 is 0 Å². The van der Waals surface area contributed by atoms with Crippen LogP contribution in [0.15, 0.2) is 72.8 Å². The highest BCUT2D eigenvalue weighted by molar-refractivity contribution is 6.31. The van der Waals surface area contributed by atoms with Gasteiger partial charge in [0.15, 0.2) is 0 Å². The highest BCUT2D eigenvalue weighted by Gasteiger charge is 2.22. The van der Waals surface area contributed by atoms with E-state index in [0.29, 0.717) is 24.7 Å². The van der Waals surface area contributed by atoms with Crippen LogP contribution >= 0.6 is 24.0 Å². The van der Waals surface area contributed by atoms with Crippen molar-refractivity contribution in [2.75, 3.05) is 24.5 Å². The number of hydrogen-bond acceptors (Lipinski definition) is 3. The summed E-state index contributed by atoms with van der Waals surface area (Å²) >= 11 is 6.24. The molecule has 1 saturated heterocycles. The maximum atomic E-state index is 12.4. The van der Waals surface area contributed by atoms with Gasteiger partial charge in [-0.3, -0.25) is 4.79 Å². The standard InChI is InChI=1S/C23H21ClN2O2.ClH/c24-19-9-10-21(22(14-19)26-12-11-25-15-23(26)27)18-7-4-8-20(13-18)28-16-17-5-2-1-3-6-17;/h1-10,13-14,25H,11-12,15-16H2;1H. The van der Waals surface area contributed by atoms with Gasteiger partial charge >= 0.3 is 0 Å². The maximum absolute atomic E-state index is 12.4. The van der Waals surface area contributed by atoms with Crippen LogP contribution in [0.3, 0.4) is 0 Å². The molecule has 0 aromatic heterocycles. The summed E-state index contributed by atoms with van der Waals surface area (Å²) < 4.78 is 5.97. The first-order valence-corrected chi connectivity index (χ1v) is 9.66. The molecule has 29 heavy (non-hydrogen) atoms. The molecule has 1 fully saturated rings. The van der Waals surface area contributed by atoms with Gasteiger partial charge in [0.25, 0.3) is 0 Å². The number of anilines is 1. The molecule has 0 bridgehead atoms. The Labute approximate surface area is 181 Å². The lowest BCUT2D eigenvalue weighted by Crippen LogP contribution is -2.48.